The third-order valence-corrected chi connectivity index (χ3v) is 2.03. The van der Waals surface area contributed by atoms with Crippen molar-refractivity contribution in [2.45, 2.75) is 13.5 Å². The van der Waals surface area contributed by atoms with Gasteiger partial charge in [0.1, 0.15) is 0 Å². The number of nitro groups is 1. The van der Waals surface area contributed by atoms with Crippen molar-refractivity contribution in [2.24, 2.45) is 0 Å². The lowest BCUT2D eigenvalue weighted by Gasteiger charge is -2.00. The molecular weight excluding hydrogens is 258 g/mol. The van der Waals surface area contributed by atoms with Crippen molar-refractivity contribution in [2.75, 3.05) is 6.61 Å². The van der Waals surface area contributed by atoms with Gasteiger partial charge in [-0.3, -0.25) is 24.5 Å². The summed E-state index contributed by atoms with van der Waals surface area (Å²) in [5, 5.41) is 10.5. The number of H-pyrrole nitrogens is 1. The lowest BCUT2D eigenvalue weighted by molar-refractivity contribution is -0.386. The second kappa shape index (κ2) is 6.28. The number of nitrogens with one attached hydrogen (secondary N) is 1. The van der Waals surface area contributed by atoms with E-state index in [0.717, 1.165) is 16.8 Å². The van der Waals surface area contributed by atoms with Crippen LogP contribution >= 0.6 is 0 Å². The van der Waals surface area contributed by atoms with Crippen molar-refractivity contribution in [3.05, 3.63) is 49.3 Å². The molecule has 0 aliphatic rings. The minimum atomic E-state index is -1.07. The minimum absolute atomic E-state index is 0.102. The Hall–Kier alpha value is -2.71. The number of esters is 1. The molecule has 9 heteroatoms. The molecule has 0 radical (unpaired) electrons. The lowest BCUT2D eigenvalue weighted by atomic mass is 10.4. The highest BCUT2D eigenvalue weighted by Crippen LogP contribution is 1.98. The molecule has 0 bridgehead atoms. The molecule has 0 unspecified atom stereocenters. The Morgan fingerprint density at radius 2 is 2.26 bits per heavy atom. The monoisotopic (exact) mass is 269 g/mol. The summed E-state index contributed by atoms with van der Waals surface area (Å²) in [6, 6.07) is 0. The fraction of sp³-hybridized carbons (Fsp3) is 0.300. The summed E-state index contributed by atoms with van der Waals surface area (Å²) < 4.78 is 5.51. The number of hydrogen-bond acceptors (Lipinski definition) is 6. The maximum Gasteiger partial charge on any atom is 0.350 e. The van der Waals surface area contributed by atoms with E-state index < -0.39 is 27.8 Å². The second-order valence-electron chi connectivity index (χ2n) is 3.34. The molecule has 1 N–H and O–H groups in total. The molecule has 1 rings (SSSR count). The van der Waals surface area contributed by atoms with Gasteiger partial charge in [0.2, 0.25) is 0 Å². The van der Waals surface area contributed by atoms with Crippen LogP contribution in [0.15, 0.2) is 27.9 Å². The van der Waals surface area contributed by atoms with E-state index in [9.17, 15) is 24.5 Å². The largest absolute Gasteiger partial charge is 0.463 e. The Morgan fingerprint density at radius 1 is 1.58 bits per heavy atom. The number of hydrogen-bond donors (Lipinski definition) is 1. The number of aromatic amines is 1. The SMILES string of the molecule is CCOC(=O)/C=C/Cn1cc([N+](=O)[O-])c(=O)[nH]c1=O. The lowest BCUT2D eigenvalue weighted by Crippen LogP contribution is -2.30. The Bertz CT molecular complexity index is 627. The topological polar surface area (TPSA) is 124 Å². The van der Waals surface area contributed by atoms with Crippen LogP contribution in [0.3, 0.4) is 0 Å². The van der Waals surface area contributed by atoms with E-state index in [0.29, 0.717) is 0 Å². The van der Waals surface area contributed by atoms with E-state index in [-0.39, 0.29) is 13.2 Å². The number of ether oxygens (including phenoxy) is 1. The van der Waals surface area contributed by atoms with Gasteiger partial charge in [-0.2, -0.15) is 0 Å². The molecular formula is C10H11N3O6. The van der Waals surface area contributed by atoms with Crippen molar-refractivity contribution >= 4 is 11.7 Å². The van der Waals surface area contributed by atoms with E-state index in [4.69, 9.17) is 0 Å². The number of rotatable bonds is 5. The van der Waals surface area contributed by atoms with Crippen LogP contribution < -0.4 is 11.2 Å². The summed E-state index contributed by atoms with van der Waals surface area (Å²) in [7, 11) is 0. The zero-order valence-corrected chi connectivity index (χ0v) is 9.99. The van der Waals surface area contributed by atoms with Gasteiger partial charge in [-0.25, -0.2) is 9.59 Å². The molecule has 1 aromatic heterocycles. The number of aromatic nitrogens is 2. The van der Waals surface area contributed by atoms with Crippen molar-refractivity contribution in [1.29, 1.82) is 0 Å². The fourth-order valence-corrected chi connectivity index (χ4v) is 1.22. The van der Waals surface area contributed by atoms with Gasteiger partial charge in [0.05, 0.1) is 17.7 Å². The Balaban J connectivity index is 2.93. The van der Waals surface area contributed by atoms with Crippen LogP contribution in [-0.2, 0) is 16.1 Å². The Morgan fingerprint density at radius 3 is 2.84 bits per heavy atom. The average molecular weight is 269 g/mol. The molecule has 102 valence electrons. The van der Waals surface area contributed by atoms with Crippen molar-refractivity contribution in [3.8, 4) is 0 Å². The van der Waals surface area contributed by atoms with Crippen LogP contribution in [0, 0.1) is 10.1 Å². The third kappa shape index (κ3) is 3.91. The van der Waals surface area contributed by atoms with Gasteiger partial charge in [0.15, 0.2) is 0 Å². The zero-order chi connectivity index (χ0) is 14.4. The summed E-state index contributed by atoms with van der Waals surface area (Å²) in [5.74, 6) is -0.588. The van der Waals surface area contributed by atoms with Crippen molar-refractivity contribution in [1.82, 2.24) is 9.55 Å². The second-order valence-corrected chi connectivity index (χ2v) is 3.34. The van der Waals surface area contributed by atoms with Crippen LogP contribution in [0.4, 0.5) is 5.69 Å². The van der Waals surface area contributed by atoms with Crippen molar-refractivity contribution < 1.29 is 14.5 Å². The quantitative estimate of drug-likeness (QED) is 0.334. The van der Waals surface area contributed by atoms with Crippen LogP contribution in [0.1, 0.15) is 6.92 Å². The van der Waals surface area contributed by atoms with Crippen LogP contribution in [0.5, 0.6) is 0 Å². The average Bonchev–Trinajstić information content (AvgIpc) is 2.31. The molecule has 0 aliphatic carbocycles. The third-order valence-electron chi connectivity index (χ3n) is 2.03. The fourth-order valence-electron chi connectivity index (χ4n) is 1.22. The summed E-state index contributed by atoms with van der Waals surface area (Å²) in [6.45, 7) is 1.75. The molecule has 1 heterocycles. The Kier molecular flexibility index (Phi) is 4.75. The van der Waals surface area contributed by atoms with Gasteiger partial charge in [-0.15, -0.1) is 0 Å². The summed E-state index contributed by atoms with van der Waals surface area (Å²) in [4.78, 5) is 44.9. The van der Waals surface area contributed by atoms with Gasteiger partial charge in [0, 0.05) is 12.6 Å². The first kappa shape index (κ1) is 14.4. The molecule has 0 fully saturated rings. The number of carbonyl (C=O) groups excluding carboxylic acids is 1. The first-order chi connectivity index (χ1) is 8.95. The van der Waals surface area contributed by atoms with Gasteiger partial charge in [0.25, 0.3) is 0 Å². The number of nitrogens with zero attached hydrogens (tertiary/aromatic N) is 2. The van der Waals surface area contributed by atoms with Crippen LogP contribution in [0.25, 0.3) is 0 Å². The minimum Gasteiger partial charge on any atom is -0.463 e. The van der Waals surface area contributed by atoms with E-state index in [1.54, 1.807) is 6.92 Å². The van der Waals surface area contributed by atoms with E-state index >= 15 is 0 Å². The van der Waals surface area contributed by atoms with E-state index in [1.807, 2.05) is 4.98 Å². The van der Waals surface area contributed by atoms with Gasteiger partial charge < -0.3 is 4.74 Å². The number of carbonyl (C=O) groups is 1. The highest BCUT2D eigenvalue weighted by molar-refractivity contribution is 5.81. The molecule has 0 saturated carbocycles. The molecule has 1 aromatic rings. The molecule has 9 nitrogen and oxygen atoms in total. The molecule has 0 atom stereocenters. The zero-order valence-electron chi connectivity index (χ0n) is 9.99. The number of allylic oxidation sites excluding steroid dienone is 1. The first-order valence-electron chi connectivity index (χ1n) is 5.27. The molecule has 0 aromatic carbocycles. The molecule has 0 amide bonds. The summed E-state index contributed by atoms with van der Waals surface area (Å²) >= 11 is 0. The predicted molar refractivity (Wildman–Crippen MR) is 63.8 cm³/mol. The molecule has 0 spiro atoms. The highest BCUT2D eigenvalue weighted by atomic mass is 16.6. The van der Waals surface area contributed by atoms with Crippen LogP contribution in [0.2, 0.25) is 0 Å². The Labute approximate surface area is 106 Å². The van der Waals surface area contributed by atoms with Gasteiger partial charge in [-0.05, 0) is 6.92 Å². The smallest absolute Gasteiger partial charge is 0.350 e. The van der Waals surface area contributed by atoms with Crippen LogP contribution in [-0.4, -0.2) is 27.1 Å². The summed E-state index contributed by atoms with van der Waals surface area (Å²) in [5.41, 5.74) is -2.62. The van der Waals surface area contributed by atoms with Gasteiger partial charge in [-0.1, -0.05) is 6.08 Å². The van der Waals surface area contributed by atoms with Crippen molar-refractivity contribution in [3.63, 3.8) is 0 Å². The predicted octanol–water partition coefficient (Wildman–Crippen LogP) is -0.436. The van der Waals surface area contributed by atoms with Gasteiger partial charge >= 0.3 is 22.9 Å². The molecule has 0 aliphatic heterocycles. The standard InChI is InChI=1S/C10H11N3O6/c1-2-19-8(14)4-3-5-12-6-7(13(17)18)9(15)11-10(12)16/h3-4,6H,2,5H2,1H3,(H,11,15,16)/b4-3+. The maximum atomic E-state index is 11.4. The van der Waals surface area contributed by atoms with E-state index in [2.05, 4.69) is 4.74 Å². The first-order valence-corrected chi connectivity index (χ1v) is 5.27. The molecule has 0 saturated heterocycles. The maximum absolute atomic E-state index is 11.4. The normalized spacial score (nSPS) is 10.6. The summed E-state index contributed by atoms with van der Waals surface area (Å²) in [6.07, 6.45) is 3.20. The van der Waals surface area contributed by atoms with E-state index in [1.165, 1.54) is 6.08 Å². The molecule has 19 heavy (non-hydrogen) atoms. The highest BCUT2D eigenvalue weighted by Gasteiger charge is 2.14.